The molecule has 0 radical (unpaired) electrons. The summed E-state index contributed by atoms with van der Waals surface area (Å²) in [6.07, 6.45) is 1.85. The smallest absolute Gasteiger partial charge is 0.193 e. The summed E-state index contributed by atoms with van der Waals surface area (Å²) in [6, 6.07) is 6.04. The van der Waals surface area contributed by atoms with Gasteiger partial charge in [-0.25, -0.2) is 4.39 Å². The SMILES string of the molecule is CCc1nn(C)c(CC)c1CNC(=NC)N(C)CCOc1ccc(F)cc1. The number of rotatable bonds is 8. The van der Waals surface area contributed by atoms with Gasteiger partial charge in [0.1, 0.15) is 18.2 Å². The molecule has 2 aromatic rings. The minimum absolute atomic E-state index is 0.266. The van der Waals surface area contributed by atoms with E-state index in [0.717, 1.165) is 24.5 Å². The van der Waals surface area contributed by atoms with Crippen LogP contribution in [0.1, 0.15) is 30.8 Å². The van der Waals surface area contributed by atoms with Gasteiger partial charge in [-0.1, -0.05) is 13.8 Å². The Morgan fingerprint density at radius 1 is 1.26 bits per heavy atom. The van der Waals surface area contributed by atoms with Crippen LogP contribution in [-0.4, -0.2) is 47.9 Å². The van der Waals surface area contributed by atoms with Crippen molar-refractivity contribution < 1.29 is 9.13 Å². The lowest BCUT2D eigenvalue weighted by molar-refractivity contribution is 0.281. The van der Waals surface area contributed by atoms with Crippen molar-refractivity contribution in [3.8, 4) is 5.75 Å². The number of aryl methyl sites for hydroxylation is 2. The molecular formula is C20H30FN5O. The molecule has 0 atom stereocenters. The summed E-state index contributed by atoms with van der Waals surface area (Å²) in [7, 11) is 5.73. The fourth-order valence-corrected chi connectivity index (χ4v) is 3.08. The minimum atomic E-state index is -0.266. The molecule has 0 aliphatic rings. The summed E-state index contributed by atoms with van der Waals surface area (Å²) in [5, 5.41) is 8.04. The number of nitrogens with one attached hydrogen (secondary N) is 1. The zero-order valence-electron chi connectivity index (χ0n) is 16.9. The minimum Gasteiger partial charge on any atom is -0.492 e. The molecule has 1 aromatic carbocycles. The van der Waals surface area contributed by atoms with Crippen molar-refractivity contribution in [1.29, 1.82) is 0 Å². The number of halogens is 1. The summed E-state index contributed by atoms with van der Waals surface area (Å²) < 4.78 is 20.6. The standard InChI is InChI=1S/C20H30FN5O/c1-6-18-17(19(7-2)26(5)24-18)14-23-20(22-3)25(4)12-13-27-16-10-8-15(21)9-11-16/h8-11H,6-7,12-14H2,1-5H3,(H,22,23). The first-order valence-electron chi connectivity index (χ1n) is 9.33. The molecule has 0 saturated carbocycles. The van der Waals surface area contributed by atoms with Gasteiger partial charge in [0.05, 0.1) is 12.2 Å². The van der Waals surface area contributed by atoms with Gasteiger partial charge < -0.3 is 15.0 Å². The van der Waals surface area contributed by atoms with Crippen LogP contribution in [0, 0.1) is 5.82 Å². The van der Waals surface area contributed by atoms with Gasteiger partial charge in [0.25, 0.3) is 0 Å². The number of likely N-dealkylation sites (N-methyl/N-ethyl adjacent to an activating group) is 1. The first kappa shape index (κ1) is 20.7. The molecule has 148 valence electrons. The van der Waals surface area contributed by atoms with E-state index in [-0.39, 0.29) is 5.82 Å². The molecule has 27 heavy (non-hydrogen) atoms. The van der Waals surface area contributed by atoms with Gasteiger partial charge in [-0.15, -0.1) is 0 Å². The number of hydrogen-bond donors (Lipinski definition) is 1. The highest BCUT2D eigenvalue weighted by atomic mass is 19.1. The van der Waals surface area contributed by atoms with Crippen LogP contribution in [0.3, 0.4) is 0 Å². The van der Waals surface area contributed by atoms with Crippen LogP contribution in [0.4, 0.5) is 4.39 Å². The average molecular weight is 375 g/mol. The fraction of sp³-hybridized carbons (Fsp3) is 0.500. The first-order chi connectivity index (χ1) is 13.0. The third kappa shape index (κ3) is 5.45. The van der Waals surface area contributed by atoms with E-state index in [1.165, 1.54) is 23.4 Å². The van der Waals surface area contributed by atoms with Gasteiger partial charge in [-0.05, 0) is 37.1 Å². The van der Waals surface area contributed by atoms with Crippen molar-refractivity contribution in [2.45, 2.75) is 33.2 Å². The van der Waals surface area contributed by atoms with Gasteiger partial charge in [0, 0.05) is 38.9 Å². The predicted octanol–water partition coefficient (Wildman–Crippen LogP) is 2.77. The maximum atomic E-state index is 12.9. The molecule has 0 fully saturated rings. The maximum Gasteiger partial charge on any atom is 0.193 e. The number of nitrogens with zero attached hydrogens (tertiary/aromatic N) is 4. The van der Waals surface area contributed by atoms with E-state index in [1.54, 1.807) is 19.2 Å². The number of aliphatic imine (C=N–C) groups is 1. The Kier molecular flexibility index (Phi) is 7.64. The van der Waals surface area contributed by atoms with Gasteiger partial charge in [-0.2, -0.15) is 5.10 Å². The van der Waals surface area contributed by atoms with E-state index in [0.29, 0.717) is 25.4 Å². The molecule has 0 aliphatic heterocycles. The molecule has 7 heteroatoms. The number of benzene rings is 1. The Morgan fingerprint density at radius 2 is 1.96 bits per heavy atom. The molecule has 0 spiro atoms. The Balaban J connectivity index is 1.90. The van der Waals surface area contributed by atoms with E-state index >= 15 is 0 Å². The Bertz CT molecular complexity index is 754. The molecule has 1 aromatic heterocycles. The normalized spacial score (nSPS) is 11.6. The van der Waals surface area contributed by atoms with Crippen LogP contribution in [0.15, 0.2) is 29.3 Å². The second kappa shape index (κ2) is 9.94. The van der Waals surface area contributed by atoms with Gasteiger partial charge in [0.15, 0.2) is 5.96 Å². The third-order valence-corrected chi connectivity index (χ3v) is 4.53. The number of aromatic nitrogens is 2. The quantitative estimate of drug-likeness (QED) is 0.569. The van der Waals surface area contributed by atoms with Crippen molar-refractivity contribution in [3.63, 3.8) is 0 Å². The van der Waals surface area contributed by atoms with Crippen molar-refractivity contribution in [2.75, 3.05) is 27.2 Å². The highest BCUT2D eigenvalue weighted by Gasteiger charge is 2.15. The summed E-state index contributed by atoms with van der Waals surface area (Å²) >= 11 is 0. The summed E-state index contributed by atoms with van der Waals surface area (Å²) in [5.41, 5.74) is 3.62. The summed E-state index contributed by atoms with van der Waals surface area (Å²) in [5.74, 6) is 1.19. The summed E-state index contributed by atoms with van der Waals surface area (Å²) in [4.78, 5) is 6.37. The Hall–Kier alpha value is -2.57. The molecule has 0 aliphatic carbocycles. The van der Waals surface area contributed by atoms with Crippen LogP contribution >= 0.6 is 0 Å². The van der Waals surface area contributed by atoms with E-state index in [9.17, 15) is 4.39 Å². The third-order valence-electron chi connectivity index (χ3n) is 4.53. The van der Waals surface area contributed by atoms with E-state index in [1.807, 2.05) is 23.7 Å². The van der Waals surface area contributed by atoms with Gasteiger partial charge in [0.2, 0.25) is 0 Å². The van der Waals surface area contributed by atoms with Crippen LogP contribution in [0.2, 0.25) is 0 Å². The van der Waals surface area contributed by atoms with Crippen LogP contribution < -0.4 is 10.1 Å². The molecule has 0 amide bonds. The van der Waals surface area contributed by atoms with Gasteiger partial charge in [-0.3, -0.25) is 9.67 Å². The molecule has 2 rings (SSSR count). The van der Waals surface area contributed by atoms with Gasteiger partial charge >= 0.3 is 0 Å². The van der Waals surface area contributed by atoms with E-state index in [4.69, 9.17) is 4.74 Å². The topological polar surface area (TPSA) is 54.7 Å². The van der Waals surface area contributed by atoms with Crippen molar-refractivity contribution in [1.82, 2.24) is 20.0 Å². The lowest BCUT2D eigenvalue weighted by Crippen LogP contribution is -2.40. The first-order valence-corrected chi connectivity index (χ1v) is 9.33. The zero-order valence-corrected chi connectivity index (χ0v) is 16.9. The van der Waals surface area contributed by atoms with Crippen molar-refractivity contribution in [3.05, 3.63) is 47.0 Å². The van der Waals surface area contributed by atoms with Crippen molar-refractivity contribution in [2.24, 2.45) is 12.0 Å². The highest BCUT2D eigenvalue weighted by Crippen LogP contribution is 2.15. The predicted molar refractivity (Wildman–Crippen MR) is 107 cm³/mol. The molecule has 1 heterocycles. The zero-order chi connectivity index (χ0) is 19.8. The monoisotopic (exact) mass is 375 g/mol. The van der Waals surface area contributed by atoms with E-state index < -0.39 is 0 Å². The van der Waals surface area contributed by atoms with Crippen molar-refractivity contribution >= 4 is 5.96 Å². The molecule has 6 nitrogen and oxygen atoms in total. The fourth-order valence-electron chi connectivity index (χ4n) is 3.08. The average Bonchev–Trinajstić information content (AvgIpc) is 2.98. The molecule has 0 bridgehead atoms. The number of hydrogen-bond acceptors (Lipinski definition) is 3. The van der Waals surface area contributed by atoms with Crippen LogP contribution in [-0.2, 0) is 26.4 Å². The lowest BCUT2D eigenvalue weighted by Gasteiger charge is -2.22. The number of ether oxygens (including phenoxy) is 1. The second-order valence-corrected chi connectivity index (χ2v) is 6.33. The summed E-state index contributed by atoms with van der Waals surface area (Å²) in [6.45, 7) is 6.10. The number of guanidine groups is 1. The Labute approximate surface area is 161 Å². The second-order valence-electron chi connectivity index (χ2n) is 6.33. The van der Waals surface area contributed by atoms with E-state index in [2.05, 4.69) is 29.3 Å². The molecule has 0 unspecified atom stereocenters. The molecular weight excluding hydrogens is 345 g/mol. The highest BCUT2D eigenvalue weighted by molar-refractivity contribution is 5.79. The van der Waals surface area contributed by atoms with Crippen LogP contribution in [0.5, 0.6) is 5.75 Å². The van der Waals surface area contributed by atoms with Crippen LogP contribution in [0.25, 0.3) is 0 Å². The largest absolute Gasteiger partial charge is 0.492 e. The Morgan fingerprint density at radius 3 is 2.56 bits per heavy atom. The maximum absolute atomic E-state index is 12.9. The lowest BCUT2D eigenvalue weighted by atomic mass is 10.1. The molecule has 1 N–H and O–H groups in total. The molecule has 0 saturated heterocycles.